The molecule has 0 aliphatic rings. The molecule has 2 rings (SSSR count). The van der Waals surface area contributed by atoms with Gasteiger partial charge in [-0.1, -0.05) is 18.2 Å². The summed E-state index contributed by atoms with van der Waals surface area (Å²) in [5.74, 6) is 0.326. The Hall–Kier alpha value is -1.06. The zero-order chi connectivity index (χ0) is 9.97. The van der Waals surface area contributed by atoms with E-state index in [2.05, 4.69) is 24.5 Å². The number of benzene rings is 2. The van der Waals surface area contributed by atoms with Crippen molar-refractivity contribution in [2.24, 2.45) is 0 Å². The molecular formula is C12H14BrNO. The Morgan fingerprint density at radius 1 is 1.07 bits per heavy atom. The number of aromatic hydroxyl groups is 1. The van der Waals surface area contributed by atoms with E-state index in [0.29, 0.717) is 5.75 Å². The summed E-state index contributed by atoms with van der Waals surface area (Å²) in [6, 6.07) is 11.8. The molecule has 2 aromatic rings. The van der Waals surface area contributed by atoms with Gasteiger partial charge in [-0.3, -0.25) is 0 Å². The van der Waals surface area contributed by atoms with Gasteiger partial charge in [0.1, 0.15) is 12.3 Å². The maximum Gasteiger partial charge on any atom is 0.116 e. The van der Waals surface area contributed by atoms with Gasteiger partial charge < -0.3 is 27.4 Å². The Labute approximate surface area is 99.7 Å². The SMILES string of the molecule is C[NH2+]Cc1ccc2cc(O)ccc2c1.[Br-]. The summed E-state index contributed by atoms with van der Waals surface area (Å²) in [5.41, 5.74) is 1.31. The minimum atomic E-state index is 0. The van der Waals surface area contributed by atoms with Crippen LogP contribution in [0.2, 0.25) is 0 Å². The van der Waals surface area contributed by atoms with Crippen LogP contribution in [-0.4, -0.2) is 12.2 Å². The first-order chi connectivity index (χ1) is 6.79. The van der Waals surface area contributed by atoms with E-state index in [9.17, 15) is 5.11 Å². The van der Waals surface area contributed by atoms with Crippen molar-refractivity contribution < 1.29 is 27.4 Å². The van der Waals surface area contributed by atoms with E-state index >= 15 is 0 Å². The highest BCUT2D eigenvalue weighted by atomic mass is 79.9. The van der Waals surface area contributed by atoms with Gasteiger partial charge in [-0.05, 0) is 29.0 Å². The van der Waals surface area contributed by atoms with Crippen LogP contribution in [0.1, 0.15) is 5.56 Å². The number of fused-ring (bicyclic) bond motifs is 1. The maximum absolute atomic E-state index is 9.30. The summed E-state index contributed by atoms with van der Waals surface area (Å²) >= 11 is 0. The second-order valence-electron chi connectivity index (χ2n) is 3.48. The zero-order valence-corrected chi connectivity index (χ0v) is 10.2. The van der Waals surface area contributed by atoms with Crippen molar-refractivity contribution in [2.45, 2.75) is 6.54 Å². The smallest absolute Gasteiger partial charge is 0.116 e. The fourth-order valence-corrected chi connectivity index (χ4v) is 1.65. The Bertz CT molecular complexity index is 456. The van der Waals surface area contributed by atoms with E-state index in [0.717, 1.165) is 11.9 Å². The quantitative estimate of drug-likeness (QED) is 0.665. The lowest BCUT2D eigenvalue weighted by molar-refractivity contribution is -0.643. The summed E-state index contributed by atoms with van der Waals surface area (Å²) in [7, 11) is 2.06. The Morgan fingerprint density at radius 3 is 2.47 bits per heavy atom. The maximum atomic E-state index is 9.30. The first kappa shape index (κ1) is 12.0. The van der Waals surface area contributed by atoms with Crippen LogP contribution in [0, 0.1) is 0 Å². The predicted molar refractivity (Wildman–Crippen MR) is 57.2 cm³/mol. The second kappa shape index (κ2) is 5.14. The van der Waals surface area contributed by atoms with Crippen molar-refractivity contribution >= 4 is 10.8 Å². The third-order valence-electron chi connectivity index (χ3n) is 2.33. The summed E-state index contributed by atoms with van der Waals surface area (Å²) in [4.78, 5) is 0. The van der Waals surface area contributed by atoms with Gasteiger partial charge in [0, 0.05) is 5.56 Å². The fourth-order valence-electron chi connectivity index (χ4n) is 1.65. The van der Waals surface area contributed by atoms with Crippen molar-refractivity contribution in [3.05, 3.63) is 42.0 Å². The first-order valence-corrected chi connectivity index (χ1v) is 4.79. The number of phenolic OH excluding ortho intramolecular Hbond substituents is 1. The van der Waals surface area contributed by atoms with Crippen molar-refractivity contribution in [1.82, 2.24) is 0 Å². The van der Waals surface area contributed by atoms with E-state index in [-0.39, 0.29) is 17.0 Å². The minimum Gasteiger partial charge on any atom is -1.00 e. The standard InChI is InChI=1S/C12H13NO.BrH/c1-13-8-9-2-3-11-7-12(14)5-4-10(11)6-9;/h2-7,13-14H,8H2,1H3;1H. The molecule has 3 N–H and O–H groups in total. The van der Waals surface area contributed by atoms with E-state index in [1.807, 2.05) is 12.1 Å². The number of rotatable bonds is 2. The van der Waals surface area contributed by atoms with Crippen LogP contribution in [0.4, 0.5) is 0 Å². The molecule has 80 valence electrons. The average Bonchev–Trinajstić information content (AvgIpc) is 2.19. The van der Waals surface area contributed by atoms with E-state index in [1.54, 1.807) is 12.1 Å². The van der Waals surface area contributed by atoms with Crippen LogP contribution >= 0.6 is 0 Å². The Balaban J connectivity index is 0.00000112. The molecule has 0 spiro atoms. The molecule has 0 saturated heterocycles. The van der Waals surface area contributed by atoms with Crippen LogP contribution in [0.5, 0.6) is 5.75 Å². The average molecular weight is 268 g/mol. The van der Waals surface area contributed by atoms with Gasteiger partial charge in [0.05, 0.1) is 7.05 Å². The summed E-state index contributed by atoms with van der Waals surface area (Å²) in [5, 5.41) is 13.7. The molecule has 0 amide bonds. The van der Waals surface area contributed by atoms with Crippen molar-refractivity contribution in [2.75, 3.05) is 7.05 Å². The number of phenols is 1. The molecule has 0 aliphatic heterocycles. The Morgan fingerprint density at radius 2 is 1.73 bits per heavy atom. The van der Waals surface area contributed by atoms with Gasteiger partial charge in [0.2, 0.25) is 0 Å². The van der Waals surface area contributed by atoms with Crippen LogP contribution in [0.3, 0.4) is 0 Å². The molecule has 2 aromatic carbocycles. The van der Waals surface area contributed by atoms with Crippen molar-refractivity contribution in [3.63, 3.8) is 0 Å². The van der Waals surface area contributed by atoms with Gasteiger partial charge >= 0.3 is 0 Å². The van der Waals surface area contributed by atoms with Gasteiger partial charge in [0.15, 0.2) is 0 Å². The molecule has 0 unspecified atom stereocenters. The third-order valence-corrected chi connectivity index (χ3v) is 2.33. The normalized spacial score (nSPS) is 9.93. The Kier molecular flexibility index (Phi) is 4.12. The van der Waals surface area contributed by atoms with Crippen LogP contribution in [-0.2, 0) is 6.54 Å². The molecule has 0 bridgehead atoms. The lowest BCUT2D eigenvalue weighted by Gasteiger charge is -2.01. The van der Waals surface area contributed by atoms with Gasteiger partial charge in [-0.25, -0.2) is 0 Å². The van der Waals surface area contributed by atoms with E-state index < -0.39 is 0 Å². The van der Waals surface area contributed by atoms with E-state index in [1.165, 1.54) is 10.9 Å². The molecule has 2 nitrogen and oxygen atoms in total. The lowest BCUT2D eigenvalue weighted by Crippen LogP contribution is -3.00. The van der Waals surface area contributed by atoms with Crippen LogP contribution in [0.25, 0.3) is 10.8 Å². The molecule has 0 saturated carbocycles. The fraction of sp³-hybridized carbons (Fsp3) is 0.167. The molecule has 0 fully saturated rings. The number of hydrogen-bond acceptors (Lipinski definition) is 1. The van der Waals surface area contributed by atoms with Crippen LogP contribution < -0.4 is 22.3 Å². The summed E-state index contributed by atoms with van der Waals surface area (Å²) < 4.78 is 0. The van der Waals surface area contributed by atoms with E-state index in [4.69, 9.17) is 0 Å². The van der Waals surface area contributed by atoms with Gasteiger partial charge in [-0.15, -0.1) is 0 Å². The zero-order valence-electron chi connectivity index (χ0n) is 8.57. The molecule has 0 atom stereocenters. The number of nitrogens with two attached hydrogens (primary N) is 1. The second-order valence-corrected chi connectivity index (χ2v) is 3.48. The van der Waals surface area contributed by atoms with Crippen molar-refractivity contribution in [1.29, 1.82) is 0 Å². The highest BCUT2D eigenvalue weighted by molar-refractivity contribution is 5.84. The molecule has 0 radical (unpaired) electrons. The van der Waals surface area contributed by atoms with Gasteiger partial charge in [-0.2, -0.15) is 0 Å². The predicted octanol–water partition coefficient (Wildman–Crippen LogP) is -1.76. The lowest BCUT2D eigenvalue weighted by atomic mass is 10.1. The molecule has 0 aliphatic carbocycles. The number of quaternary nitrogens is 1. The van der Waals surface area contributed by atoms with Crippen LogP contribution in [0.15, 0.2) is 36.4 Å². The van der Waals surface area contributed by atoms with Crippen molar-refractivity contribution in [3.8, 4) is 5.75 Å². The topological polar surface area (TPSA) is 36.8 Å². The van der Waals surface area contributed by atoms with Gasteiger partial charge in [0.25, 0.3) is 0 Å². The molecule has 15 heavy (non-hydrogen) atoms. The summed E-state index contributed by atoms with van der Waals surface area (Å²) in [6.07, 6.45) is 0. The largest absolute Gasteiger partial charge is 1.00 e. The monoisotopic (exact) mass is 267 g/mol. The third kappa shape index (κ3) is 2.70. The highest BCUT2D eigenvalue weighted by Gasteiger charge is 1.98. The minimum absolute atomic E-state index is 0. The molecular weight excluding hydrogens is 254 g/mol. The number of halogens is 1. The highest BCUT2D eigenvalue weighted by Crippen LogP contribution is 2.20. The molecule has 3 heteroatoms. The number of hydrogen-bond donors (Lipinski definition) is 2. The molecule has 0 aromatic heterocycles. The first-order valence-electron chi connectivity index (χ1n) is 4.79. The molecule has 0 heterocycles. The summed E-state index contributed by atoms with van der Waals surface area (Å²) in [6.45, 7) is 0.997.